The lowest BCUT2D eigenvalue weighted by Crippen LogP contribution is -2.23. The first-order valence-electron chi connectivity index (χ1n) is 6.73. The second-order valence-electron chi connectivity index (χ2n) is 4.90. The highest BCUT2D eigenvalue weighted by atomic mass is 35.5. The number of halogens is 2. The van der Waals surface area contributed by atoms with Gasteiger partial charge in [0, 0.05) is 11.6 Å². The van der Waals surface area contributed by atoms with Crippen LogP contribution in [-0.4, -0.2) is 25.6 Å². The Balaban J connectivity index is 1.89. The molecule has 0 fully saturated rings. The molecule has 23 heavy (non-hydrogen) atoms. The Labute approximate surface area is 141 Å². The van der Waals surface area contributed by atoms with Crippen molar-refractivity contribution in [3.63, 3.8) is 0 Å². The molecule has 0 saturated carbocycles. The van der Waals surface area contributed by atoms with Gasteiger partial charge in [-0.1, -0.05) is 41.4 Å². The van der Waals surface area contributed by atoms with Crippen molar-refractivity contribution in [1.82, 2.24) is 19.9 Å². The van der Waals surface area contributed by atoms with Crippen molar-refractivity contribution in [3.8, 4) is 5.88 Å². The number of fused-ring (bicyclic) bond motifs is 1. The molecule has 2 aromatic heterocycles. The van der Waals surface area contributed by atoms with E-state index in [-0.39, 0.29) is 34.6 Å². The maximum Gasteiger partial charge on any atom is 0.257 e. The predicted octanol–water partition coefficient (Wildman–Crippen LogP) is 2.98. The van der Waals surface area contributed by atoms with E-state index in [1.807, 2.05) is 18.2 Å². The monoisotopic (exact) mass is 350 g/mol. The van der Waals surface area contributed by atoms with Crippen molar-refractivity contribution in [3.05, 3.63) is 57.3 Å². The first-order chi connectivity index (χ1) is 11.0. The lowest BCUT2D eigenvalue weighted by atomic mass is 10.2. The molecule has 0 radical (unpaired) electrons. The van der Waals surface area contributed by atoms with Crippen LogP contribution in [0, 0.1) is 6.92 Å². The summed E-state index contributed by atoms with van der Waals surface area (Å²) in [6.07, 6.45) is 1.33. The van der Waals surface area contributed by atoms with Crippen LogP contribution in [-0.2, 0) is 6.54 Å². The third-order valence-electron chi connectivity index (χ3n) is 3.37. The molecule has 118 valence electrons. The number of rotatable bonds is 3. The van der Waals surface area contributed by atoms with Crippen LogP contribution in [0.25, 0.3) is 5.65 Å². The van der Waals surface area contributed by atoms with Gasteiger partial charge in [0.2, 0.25) is 5.88 Å². The first-order valence-corrected chi connectivity index (χ1v) is 7.49. The van der Waals surface area contributed by atoms with E-state index < -0.39 is 0 Å². The number of carbonyl (C=O) groups excluding carboxylic acids is 1. The summed E-state index contributed by atoms with van der Waals surface area (Å²) in [6, 6.07) is 7.24. The van der Waals surface area contributed by atoms with E-state index in [2.05, 4.69) is 15.4 Å². The molecule has 0 atom stereocenters. The van der Waals surface area contributed by atoms with Crippen LogP contribution in [0.4, 0.5) is 0 Å². The summed E-state index contributed by atoms with van der Waals surface area (Å²) in [5.74, 6) is -0.618. The largest absolute Gasteiger partial charge is 0.492 e. The molecular formula is C15H12Cl2N4O2. The Kier molecular flexibility index (Phi) is 4.11. The zero-order valence-corrected chi connectivity index (χ0v) is 13.6. The summed E-state index contributed by atoms with van der Waals surface area (Å²) < 4.78 is 1.12. The maximum absolute atomic E-state index is 12.3. The number of carbonyl (C=O) groups is 1. The van der Waals surface area contributed by atoms with Gasteiger partial charge >= 0.3 is 0 Å². The number of aryl methyl sites for hydroxylation is 1. The number of aromatic hydroxyl groups is 1. The van der Waals surface area contributed by atoms with Crippen LogP contribution >= 0.6 is 23.2 Å². The van der Waals surface area contributed by atoms with Gasteiger partial charge in [0.05, 0.1) is 11.9 Å². The number of nitrogens with one attached hydrogen (secondary N) is 1. The van der Waals surface area contributed by atoms with Crippen molar-refractivity contribution < 1.29 is 9.90 Å². The van der Waals surface area contributed by atoms with Gasteiger partial charge in [-0.15, -0.1) is 0 Å². The van der Waals surface area contributed by atoms with Crippen LogP contribution in [0.2, 0.25) is 10.0 Å². The molecule has 0 unspecified atom stereocenters. The fourth-order valence-electron chi connectivity index (χ4n) is 2.14. The van der Waals surface area contributed by atoms with Gasteiger partial charge in [-0.3, -0.25) is 4.79 Å². The van der Waals surface area contributed by atoms with Crippen LogP contribution in [0.1, 0.15) is 21.6 Å². The Morgan fingerprint density at radius 3 is 2.83 bits per heavy atom. The Bertz CT molecular complexity index is 908. The van der Waals surface area contributed by atoms with E-state index in [0.29, 0.717) is 10.7 Å². The molecule has 2 N–H and O–H groups in total. The smallest absolute Gasteiger partial charge is 0.257 e. The molecule has 0 bridgehead atoms. The summed E-state index contributed by atoms with van der Waals surface area (Å²) >= 11 is 12.0. The van der Waals surface area contributed by atoms with Crippen LogP contribution in [0.5, 0.6) is 5.88 Å². The van der Waals surface area contributed by atoms with E-state index in [4.69, 9.17) is 23.2 Å². The molecule has 0 spiro atoms. The molecule has 8 heteroatoms. The average molecular weight is 351 g/mol. The molecule has 6 nitrogen and oxygen atoms in total. The molecule has 1 amide bonds. The van der Waals surface area contributed by atoms with Gasteiger partial charge in [-0.2, -0.15) is 9.61 Å². The highest BCUT2D eigenvalue weighted by Gasteiger charge is 2.19. The summed E-state index contributed by atoms with van der Waals surface area (Å²) in [7, 11) is 0. The normalized spacial score (nSPS) is 10.9. The lowest BCUT2D eigenvalue weighted by molar-refractivity contribution is 0.0952. The fraction of sp³-hybridized carbons (Fsp3) is 0.133. The Morgan fingerprint density at radius 2 is 2.09 bits per heavy atom. The molecule has 3 rings (SSSR count). The second-order valence-corrected chi connectivity index (χ2v) is 5.69. The average Bonchev–Trinajstić information content (AvgIpc) is 2.95. The van der Waals surface area contributed by atoms with E-state index in [9.17, 15) is 9.90 Å². The number of hydrogen-bond acceptors (Lipinski definition) is 4. The molecule has 1 aromatic carbocycles. The Morgan fingerprint density at radius 1 is 1.35 bits per heavy atom. The summed E-state index contributed by atoms with van der Waals surface area (Å²) in [6.45, 7) is 1.91. The molecule has 0 aliphatic rings. The van der Waals surface area contributed by atoms with Crippen molar-refractivity contribution in [2.75, 3.05) is 0 Å². The van der Waals surface area contributed by atoms with Gasteiger partial charge in [0.15, 0.2) is 5.65 Å². The van der Waals surface area contributed by atoms with Gasteiger partial charge in [-0.05, 0) is 18.6 Å². The molecule has 0 aliphatic carbocycles. The second kappa shape index (κ2) is 6.06. The fourth-order valence-corrected chi connectivity index (χ4v) is 2.46. The molecular weight excluding hydrogens is 339 g/mol. The minimum Gasteiger partial charge on any atom is -0.492 e. The number of benzene rings is 1. The topological polar surface area (TPSA) is 79.5 Å². The zero-order chi connectivity index (χ0) is 16.6. The highest BCUT2D eigenvalue weighted by Crippen LogP contribution is 2.27. The first kappa shape index (κ1) is 15.6. The number of hydrogen-bond donors (Lipinski definition) is 2. The van der Waals surface area contributed by atoms with E-state index in [1.165, 1.54) is 6.20 Å². The Hall–Kier alpha value is -2.31. The molecule has 3 aromatic rings. The number of amides is 1. The van der Waals surface area contributed by atoms with E-state index in [1.54, 1.807) is 13.0 Å². The van der Waals surface area contributed by atoms with Gasteiger partial charge in [0.1, 0.15) is 10.6 Å². The van der Waals surface area contributed by atoms with Crippen molar-refractivity contribution in [1.29, 1.82) is 0 Å². The number of aromatic nitrogens is 3. The maximum atomic E-state index is 12.3. The van der Waals surface area contributed by atoms with Crippen LogP contribution < -0.4 is 5.32 Å². The van der Waals surface area contributed by atoms with Gasteiger partial charge in [-0.25, -0.2) is 4.98 Å². The molecule has 0 saturated heterocycles. The molecule has 2 heterocycles. The lowest BCUT2D eigenvalue weighted by Gasteiger charge is -2.07. The van der Waals surface area contributed by atoms with Crippen LogP contribution in [0.15, 0.2) is 30.5 Å². The minimum atomic E-state index is -0.367. The number of nitrogens with zero attached hydrogens (tertiary/aromatic N) is 3. The van der Waals surface area contributed by atoms with Gasteiger partial charge < -0.3 is 10.4 Å². The third-order valence-corrected chi connectivity index (χ3v) is 4.19. The van der Waals surface area contributed by atoms with E-state index in [0.717, 1.165) is 10.1 Å². The standard InChI is InChI=1S/C15H12Cl2N4O2/c1-8-12(17)15(23)21-13(20-8)10(7-19-21)14(22)18-6-9-4-2-3-5-11(9)16/h2-5,7,23H,6H2,1H3,(H,18,22). The SMILES string of the molecule is Cc1nc2c(C(=O)NCc3ccccc3Cl)cnn2c(O)c1Cl. The van der Waals surface area contributed by atoms with Gasteiger partial charge in [0.25, 0.3) is 5.91 Å². The third kappa shape index (κ3) is 2.83. The summed E-state index contributed by atoms with van der Waals surface area (Å²) in [5.41, 5.74) is 1.69. The van der Waals surface area contributed by atoms with Crippen molar-refractivity contribution in [2.45, 2.75) is 13.5 Å². The minimum absolute atomic E-state index is 0.101. The quantitative estimate of drug-likeness (QED) is 0.760. The summed E-state index contributed by atoms with van der Waals surface area (Å²) in [4.78, 5) is 16.6. The van der Waals surface area contributed by atoms with Crippen LogP contribution in [0.3, 0.4) is 0 Å². The highest BCUT2D eigenvalue weighted by molar-refractivity contribution is 6.32. The van der Waals surface area contributed by atoms with Crippen molar-refractivity contribution in [2.24, 2.45) is 0 Å². The predicted molar refractivity (Wildman–Crippen MR) is 87.0 cm³/mol. The van der Waals surface area contributed by atoms with Crippen molar-refractivity contribution >= 4 is 34.8 Å². The van der Waals surface area contributed by atoms with E-state index >= 15 is 0 Å². The molecule has 0 aliphatic heterocycles. The zero-order valence-electron chi connectivity index (χ0n) is 12.0. The summed E-state index contributed by atoms with van der Waals surface area (Å²) in [5, 5.41) is 17.3.